The molecule has 1 aliphatic heterocycles. The van der Waals surface area contributed by atoms with Crippen molar-refractivity contribution >= 4 is 5.91 Å². The fraction of sp³-hybridized carbons (Fsp3) is 0.950. The molecule has 0 aromatic carbocycles. The van der Waals surface area contributed by atoms with Crippen molar-refractivity contribution in [2.24, 2.45) is 0 Å². The predicted molar refractivity (Wildman–Crippen MR) is 293 cm³/mol. The van der Waals surface area contributed by atoms with Crippen LogP contribution in [0.1, 0.15) is 296 Å². The second kappa shape index (κ2) is 49.7. The molecule has 1 fully saturated rings. The first-order chi connectivity index (χ1) is 34.7. The largest absolute Gasteiger partial charge is 0.394 e. The van der Waals surface area contributed by atoms with Crippen LogP contribution < -0.4 is 5.32 Å². The summed E-state index contributed by atoms with van der Waals surface area (Å²) < 4.78 is 11.1. The van der Waals surface area contributed by atoms with Crippen LogP contribution in [0.4, 0.5) is 0 Å². The highest BCUT2D eigenvalue weighted by molar-refractivity contribution is 5.80. The molecule has 0 aromatic heterocycles. The summed E-state index contributed by atoms with van der Waals surface area (Å²) in [6, 6.07) is -1.16. The number of carbonyl (C=O) groups excluding carboxylic acids is 1. The summed E-state index contributed by atoms with van der Waals surface area (Å²) in [7, 11) is 0. The molecule has 0 bridgehead atoms. The lowest BCUT2D eigenvalue weighted by atomic mass is 9.98. The fourth-order valence-electron chi connectivity index (χ4n) is 10.1. The first-order valence-electron chi connectivity index (χ1n) is 30.6. The van der Waals surface area contributed by atoms with E-state index in [1.54, 1.807) is 0 Å². The van der Waals surface area contributed by atoms with Gasteiger partial charge in [-0.25, -0.2) is 0 Å². The van der Waals surface area contributed by atoms with Gasteiger partial charge in [0.05, 0.1) is 25.4 Å². The average Bonchev–Trinajstić information content (AvgIpc) is 3.37. The second-order valence-corrected chi connectivity index (χ2v) is 21.8. The molecule has 1 rings (SSSR count). The highest BCUT2D eigenvalue weighted by atomic mass is 16.7. The Hall–Kier alpha value is -1.15. The molecule has 1 aliphatic rings. The van der Waals surface area contributed by atoms with Gasteiger partial charge >= 0.3 is 0 Å². The zero-order valence-corrected chi connectivity index (χ0v) is 46.2. The molecule has 422 valence electrons. The van der Waals surface area contributed by atoms with Crippen molar-refractivity contribution in [3.8, 4) is 0 Å². The van der Waals surface area contributed by atoms with Gasteiger partial charge in [-0.1, -0.05) is 270 Å². The molecule has 8 N–H and O–H groups in total. The summed E-state index contributed by atoms with van der Waals surface area (Å²) in [5.74, 6) is -0.692. The molecule has 71 heavy (non-hydrogen) atoms. The third kappa shape index (κ3) is 38.1. The van der Waals surface area contributed by atoms with Gasteiger partial charge < -0.3 is 50.5 Å². The minimum absolute atomic E-state index is 0.264. The molecule has 0 radical (unpaired) electrons. The van der Waals surface area contributed by atoms with Crippen LogP contribution in [0.3, 0.4) is 0 Å². The van der Waals surface area contributed by atoms with Gasteiger partial charge in [0.25, 0.3) is 0 Å². The van der Waals surface area contributed by atoms with Crippen molar-refractivity contribution in [2.75, 3.05) is 13.2 Å². The van der Waals surface area contributed by atoms with E-state index in [0.717, 1.165) is 38.5 Å². The minimum atomic E-state index is -1.66. The Morgan fingerprint density at radius 1 is 0.479 bits per heavy atom. The molecule has 0 spiro atoms. The Morgan fingerprint density at radius 3 is 1.18 bits per heavy atom. The summed E-state index contributed by atoms with van der Waals surface area (Å²) in [5.41, 5.74) is 0. The average molecular weight is 1010 g/mol. The SMILES string of the molecule is CCCCCCCCCCCCCC/C=C\CCCCCCCCCCCCCCCC(O)C(=O)NC(COC1OC(CO)C(O)C(O)C1O)C(O)C(O)CCCCCCCCCCCCCCCCC. The van der Waals surface area contributed by atoms with Crippen molar-refractivity contribution in [3.05, 3.63) is 12.2 Å². The Morgan fingerprint density at radius 2 is 0.817 bits per heavy atom. The summed E-state index contributed by atoms with van der Waals surface area (Å²) in [4.78, 5) is 13.2. The summed E-state index contributed by atoms with van der Waals surface area (Å²) in [6.45, 7) is 3.49. The highest BCUT2D eigenvalue weighted by Crippen LogP contribution is 2.24. The van der Waals surface area contributed by atoms with Crippen molar-refractivity contribution in [1.82, 2.24) is 5.32 Å². The Labute approximate surface area is 436 Å². The molecule has 0 aliphatic carbocycles. The van der Waals surface area contributed by atoms with Crippen LogP contribution in [-0.2, 0) is 14.3 Å². The lowest BCUT2D eigenvalue weighted by molar-refractivity contribution is -0.303. The van der Waals surface area contributed by atoms with Crippen molar-refractivity contribution in [2.45, 2.75) is 351 Å². The topological polar surface area (TPSA) is 189 Å². The van der Waals surface area contributed by atoms with E-state index in [9.17, 15) is 40.5 Å². The third-order valence-corrected chi connectivity index (χ3v) is 15.1. The van der Waals surface area contributed by atoms with Gasteiger partial charge in [-0.05, 0) is 38.5 Å². The van der Waals surface area contributed by atoms with Crippen molar-refractivity contribution in [1.29, 1.82) is 0 Å². The van der Waals surface area contributed by atoms with Gasteiger partial charge in [-0.15, -0.1) is 0 Å². The van der Waals surface area contributed by atoms with E-state index in [2.05, 4.69) is 31.3 Å². The lowest BCUT2D eigenvalue weighted by Gasteiger charge is -2.40. The second-order valence-electron chi connectivity index (χ2n) is 21.8. The number of hydrogen-bond donors (Lipinski definition) is 8. The number of hydrogen-bond acceptors (Lipinski definition) is 10. The molecular weight excluding hydrogens is 895 g/mol. The van der Waals surface area contributed by atoms with Crippen LogP contribution in [0.5, 0.6) is 0 Å². The smallest absolute Gasteiger partial charge is 0.249 e. The van der Waals surface area contributed by atoms with Crippen molar-refractivity contribution in [3.63, 3.8) is 0 Å². The monoisotopic (exact) mass is 1010 g/mol. The summed E-state index contributed by atoms with van der Waals surface area (Å²) in [6.07, 6.45) is 47.0. The number of carbonyl (C=O) groups is 1. The molecule has 9 atom stereocenters. The molecule has 0 aromatic rings. The third-order valence-electron chi connectivity index (χ3n) is 15.1. The van der Waals surface area contributed by atoms with Crippen LogP contribution in [0.25, 0.3) is 0 Å². The van der Waals surface area contributed by atoms with Gasteiger partial charge in [0.1, 0.15) is 36.6 Å². The number of amides is 1. The van der Waals surface area contributed by atoms with E-state index >= 15 is 0 Å². The highest BCUT2D eigenvalue weighted by Gasteiger charge is 2.44. The Kier molecular flexibility index (Phi) is 47.5. The van der Waals surface area contributed by atoms with Crippen molar-refractivity contribution < 1.29 is 50.0 Å². The fourth-order valence-corrected chi connectivity index (χ4v) is 10.1. The zero-order chi connectivity index (χ0) is 51.8. The molecule has 9 unspecified atom stereocenters. The number of nitrogens with one attached hydrogen (secondary N) is 1. The first-order valence-corrected chi connectivity index (χ1v) is 30.6. The van der Waals surface area contributed by atoms with Gasteiger partial charge in [0.15, 0.2) is 6.29 Å². The van der Waals surface area contributed by atoms with E-state index < -0.39 is 74.2 Å². The molecular formula is C60H117NO10. The van der Waals surface area contributed by atoms with Gasteiger partial charge in [-0.3, -0.25) is 4.79 Å². The van der Waals surface area contributed by atoms with E-state index in [-0.39, 0.29) is 6.42 Å². The number of aliphatic hydroxyl groups excluding tert-OH is 7. The van der Waals surface area contributed by atoms with Gasteiger partial charge in [0, 0.05) is 0 Å². The molecule has 11 nitrogen and oxygen atoms in total. The summed E-state index contributed by atoms with van der Waals surface area (Å²) in [5, 5.41) is 76.2. The number of aliphatic hydroxyl groups is 7. The minimum Gasteiger partial charge on any atom is -0.394 e. The maximum atomic E-state index is 13.2. The van der Waals surface area contributed by atoms with Crippen LogP contribution in [0.2, 0.25) is 0 Å². The number of unbranched alkanes of at least 4 members (excludes halogenated alkanes) is 39. The Balaban J connectivity index is 2.22. The molecule has 1 amide bonds. The summed E-state index contributed by atoms with van der Waals surface area (Å²) >= 11 is 0. The predicted octanol–water partition coefficient (Wildman–Crippen LogP) is 13.1. The lowest BCUT2D eigenvalue weighted by Crippen LogP contribution is -2.60. The van der Waals surface area contributed by atoms with Crippen LogP contribution in [0, 0.1) is 0 Å². The maximum Gasteiger partial charge on any atom is 0.249 e. The Bertz CT molecular complexity index is 1160. The zero-order valence-electron chi connectivity index (χ0n) is 46.2. The van der Waals surface area contributed by atoms with Crippen LogP contribution >= 0.6 is 0 Å². The van der Waals surface area contributed by atoms with Gasteiger partial charge in [0.2, 0.25) is 5.91 Å². The number of ether oxygens (including phenoxy) is 2. The normalized spacial score (nSPS) is 20.2. The van der Waals surface area contributed by atoms with E-state index in [0.29, 0.717) is 19.3 Å². The standard InChI is InChI=1S/C60H117NO10/c1-3-5-7-9-11-13-15-17-19-20-21-22-23-24-25-26-27-28-29-30-31-32-34-36-38-40-42-44-46-48-53(64)59(69)61-51(50-70-60-58(68)57(67)56(66)54(49-62)71-60)55(65)52(63)47-45-43-41-39-37-35-33-18-16-14-12-10-8-6-4-2/h24-25,51-58,60,62-68H,3-23,26-50H2,1-2H3,(H,61,69)/b25-24-. The molecule has 0 saturated carbocycles. The van der Waals surface area contributed by atoms with Gasteiger partial charge in [-0.2, -0.15) is 0 Å². The van der Waals surface area contributed by atoms with Crippen LogP contribution in [-0.4, -0.2) is 110 Å². The maximum absolute atomic E-state index is 13.2. The van der Waals surface area contributed by atoms with E-state index in [4.69, 9.17) is 9.47 Å². The molecule has 1 heterocycles. The van der Waals surface area contributed by atoms with Crippen LogP contribution in [0.15, 0.2) is 12.2 Å². The number of allylic oxidation sites excluding steroid dienone is 2. The van der Waals surface area contributed by atoms with E-state index in [1.165, 1.54) is 218 Å². The first kappa shape index (κ1) is 67.9. The quantitative estimate of drug-likeness (QED) is 0.0215. The molecule has 1 saturated heterocycles. The molecule has 11 heteroatoms. The van der Waals surface area contributed by atoms with E-state index in [1.807, 2.05) is 0 Å². The number of rotatable bonds is 53.